The fraction of sp³-hybridized carbons (Fsp3) is 0.733. The van der Waals surface area contributed by atoms with Crippen LogP contribution in [-0.2, 0) is 6.42 Å². The van der Waals surface area contributed by atoms with Crippen LogP contribution in [-0.4, -0.2) is 24.1 Å². The molecule has 1 rings (SSSR count). The van der Waals surface area contributed by atoms with Gasteiger partial charge in [-0.1, -0.05) is 26.8 Å². The molecule has 104 valence electrons. The normalized spacial score (nSPS) is 13.1. The quantitative estimate of drug-likeness (QED) is 0.682. The molecular weight excluding hydrogens is 258 g/mol. The molecule has 0 amide bonds. The van der Waals surface area contributed by atoms with Crippen molar-refractivity contribution in [1.82, 2.24) is 5.32 Å². The molecule has 0 aliphatic rings. The Hall–Kier alpha value is 0.01000. The molecule has 1 unspecified atom stereocenters. The van der Waals surface area contributed by atoms with E-state index in [1.807, 2.05) is 11.3 Å². The third-order valence-corrected chi connectivity index (χ3v) is 5.25. The molecule has 0 aliphatic heterocycles. The third kappa shape index (κ3) is 7.45. The number of thioether (sulfide) groups is 1. The minimum atomic E-state index is 0.677. The molecule has 1 nitrogen and oxygen atoms in total. The van der Waals surface area contributed by atoms with Crippen LogP contribution in [0.25, 0.3) is 0 Å². The van der Waals surface area contributed by atoms with Crippen LogP contribution in [0.3, 0.4) is 0 Å². The van der Waals surface area contributed by atoms with Crippen LogP contribution >= 0.6 is 23.1 Å². The molecule has 0 saturated carbocycles. The van der Waals surface area contributed by atoms with Gasteiger partial charge in [-0.3, -0.25) is 0 Å². The standard InChI is InChI=1S/C15H27NS2/c1-4-9-16-14(12-17-11-13(2)3)7-8-15-6-5-10-18-15/h5-6,10,13-14,16H,4,7-9,11-12H2,1-3H3. The molecule has 1 atom stereocenters. The summed E-state index contributed by atoms with van der Waals surface area (Å²) >= 11 is 3.98. The molecular formula is C15H27NS2. The molecule has 18 heavy (non-hydrogen) atoms. The Kier molecular flexibility index (Phi) is 8.82. The lowest BCUT2D eigenvalue weighted by Gasteiger charge is -2.18. The monoisotopic (exact) mass is 285 g/mol. The van der Waals surface area contributed by atoms with E-state index in [0.29, 0.717) is 6.04 Å². The summed E-state index contributed by atoms with van der Waals surface area (Å²) < 4.78 is 0. The Morgan fingerprint density at radius 2 is 2.17 bits per heavy atom. The lowest BCUT2D eigenvalue weighted by Crippen LogP contribution is -2.32. The van der Waals surface area contributed by atoms with E-state index in [1.54, 1.807) is 0 Å². The van der Waals surface area contributed by atoms with Gasteiger partial charge in [-0.15, -0.1) is 11.3 Å². The van der Waals surface area contributed by atoms with Gasteiger partial charge in [0.25, 0.3) is 0 Å². The summed E-state index contributed by atoms with van der Waals surface area (Å²) in [4.78, 5) is 1.52. The Balaban J connectivity index is 2.25. The molecule has 0 radical (unpaired) electrons. The van der Waals surface area contributed by atoms with E-state index in [4.69, 9.17) is 0 Å². The topological polar surface area (TPSA) is 12.0 Å². The van der Waals surface area contributed by atoms with E-state index in [1.165, 1.54) is 35.6 Å². The molecule has 0 spiro atoms. The first kappa shape index (κ1) is 16.1. The van der Waals surface area contributed by atoms with Gasteiger partial charge in [-0.25, -0.2) is 0 Å². The second-order valence-corrected chi connectivity index (χ2v) is 7.31. The van der Waals surface area contributed by atoms with Gasteiger partial charge in [0.05, 0.1) is 0 Å². The summed E-state index contributed by atoms with van der Waals surface area (Å²) in [5, 5.41) is 5.87. The van der Waals surface area contributed by atoms with Crippen LogP contribution in [0.1, 0.15) is 38.5 Å². The van der Waals surface area contributed by atoms with Crippen LogP contribution in [0.2, 0.25) is 0 Å². The van der Waals surface area contributed by atoms with Crippen molar-refractivity contribution in [2.75, 3.05) is 18.1 Å². The van der Waals surface area contributed by atoms with Gasteiger partial charge in [-0.05, 0) is 48.9 Å². The van der Waals surface area contributed by atoms with E-state index in [9.17, 15) is 0 Å². The van der Waals surface area contributed by atoms with Crippen LogP contribution in [0.5, 0.6) is 0 Å². The van der Waals surface area contributed by atoms with E-state index in [-0.39, 0.29) is 0 Å². The number of hydrogen-bond donors (Lipinski definition) is 1. The highest BCUT2D eigenvalue weighted by Crippen LogP contribution is 2.15. The first-order valence-electron chi connectivity index (χ1n) is 7.05. The van der Waals surface area contributed by atoms with Crippen molar-refractivity contribution in [3.63, 3.8) is 0 Å². The van der Waals surface area contributed by atoms with E-state index < -0.39 is 0 Å². The smallest absolute Gasteiger partial charge is 0.0161 e. The van der Waals surface area contributed by atoms with Gasteiger partial charge in [0.15, 0.2) is 0 Å². The average molecular weight is 286 g/mol. The maximum absolute atomic E-state index is 3.69. The molecule has 1 heterocycles. The first-order valence-corrected chi connectivity index (χ1v) is 9.09. The Morgan fingerprint density at radius 3 is 2.78 bits per heavy atom. The molecule has 0 fully saturated rings. The molecule has 1 N–H and O–H groups in total. The predicted octanol–water partition coefficient (Wildman–Crippen LogP) is 4.44. The van der Waals surface area contributed by atoms with Crippen molar-refractivity contribution in [3.8, 4) is 0 Å². The zero-order chi connectivity index (χ0) is 13.2. The van der Waals surface area contributed by atoms with E-state index in [2.05, 4.69) is 55.4 Å². The van der Waals surface area contributed by atoms with Crippen molar-refractivity contribution in [1.29, 1.82) is 0 Å². The molecule has 3 heteroatoms. The summed E-state index contributed by atoms with van der Waals surface area (Å²) in [6.07, 6.45) is 3.72. The molecule has 0 bridgehead atoms. The Labute approximate surface area is 121 Å². The molecule has 0 aromatic carbocycles. The molecule has 0 saturated heterocycles. The Bertz CT molecular complexity index is 283. The van der Waals surface area contributed by atoms with Gasteiger partial charge >= 0.3 is 0 Å². The number of aryl methyl sites for hydroxylation is 1. The van der Waals surface area contributed by atoms with Gasteiger partial charge in [0.1, 0.15) is 0 Å². The number of nitrogens with one attached hydrogen (secondary N) is 1. The van der Waals surface area contributed by atoms with Gasteiger partial charge in [0, 0.05) is 16.7 Å². The number of rotatable bonds is 10. The summed E-state index contributed by atoms with van der Waals surface area (Å²) in [7, 11) is 0. The Morgan fingerprint density at radius 1 is 1.33 bits per heavy atom. The second kappa shape index (κ2) is 9.88. The lowest BCUT2D eigenvalue weighted by atomic mass is 10.1. The number of hydrogen-bond acceptors (Lipinski definition) is 3. The summed E-state index contributed by atoms with van der Waals surface area (Å²) in [5.41, 5.74) is 0. The van der Waals surface area contributed by atoms with Crippen molar-refractivity contribution in [2.24, 2.45) is 5.92 Å². The second-order valence-electron chi connectivity index (χ2n) is 5.20. The van der Waals surface area contributed by atoms with Crippen molar-refractivity contribution in [3.05, 3.63) is 22.4 Å². The summed E-state index contributed by atoms with van der Waals surface area (Å²) in [5.74, 6) is 3.34. The zero-order valence-corrected chi connectivity index (χ0v) is 13.6. The number of thiophene rings is 1. The highest BCUT2D eigenvalue weighted by atomic mass is 32.2. The largest absolute Gasteiger partial charge is 0.313 e. The van der Waals surface area contributed by atoms with Crippen molar-refractivity contribution >= 4 is 23.1 Å². The molecule has 1 aromatic rings. The van der Waals surface area contributed by atoms with Crippen LogP contribution in [0, 0.1) is 5.92 Å². The van der Waals surface area contributed by atoms with Crippen LogP contribution < -0.4 is 5.32 Å². The highest BCUT2D eigenvalue weighted by molar-refractivity contribution is 7.99. The SMILES string of the molecule is CCCNC(CCc1cccs1)CSCC(C)C. The highest BCUT2D eigenvalue weighted by Gasteiger charge is 2.09. The predicted molar refractivity (Wildman–Crippen MR) is 86.9 cm³/mol. The minimum absolute atomic E-state index is 0.677. The third-order valence-electron chi connectivity index (χ3n) is 2.77. The fourth-order valence-electron chi connectivity index (χ4n) is 1.81. The molecule has 1 aromatic heterocycles. The van der Waals surface area contributed by atoms with E-state index in [0.717, 1.165) is 12.5 Å². The maximum atomic E-state index is 3.69. The summed E-state index contributed by atoms with van der Waals surface area (Å²) in [6.45, 7) is 7.99. The van der Waals surface area contributed by atoms with Gasteiger partial charge in [0.2, 0.25) is 0 Å². The fourth-order valence-corrected chi connectivity index (χ4v) is 3.71. The van der Waals surface area contributed by atoms with Gasteiger partial charge in [-0.2, -0.15) is 11.8 Å². The van der Waals surface area contributed by atoms with E-state index >= 15 is 0 Å². The van der Waals surface area contributed by atoms with Gasteiger partial charge < -0.3 is 5.32 Å². The maximum Gasteiger partial charge on any atom is 0.0161 e. The lowest BCUT2D eigenvalue weighted by molar-refractivity contribution is 0.521. The zero-order valence-electron chi connectivity index (χ0n) is 11.9. The molecule has 0 aliphatic carbocycles. The van der Waals surface area contributed by atoms with Crippen molar-refractivity contribution in [2.45, 2.75) is 46.1 Å². The van der Waals surface area contributed by atoms with Crippen molar-refractivity contribution < 1.29 is 0 Å². The first-order chi connectivity index (χ1) is 8.72. The van der Waals surface area contributed by atoms with Crippen LogP contribution in [0.15, 0.2) is 17.5 Å². The average Bonchev–Trinajstić information content (AvgIpc) is 2.84. The minimum Gasteiger partial charge on any atom is -0.313 e. The van der Waals surface area contributed by atoms with Crippen LogP contribution in [0.4, 0.5) is 0 Å². The summed E-state index contributed by atoms with van der Waals surface area (Å²) in [6, 6.07) is 5.08.